The monoisotopic (exact) mass is 190 g/mol. The molecule has 0 N–H and O–H groups in total. The Hall–Kier alpha value is -1.67. The fraction of sp³-hybridized carbons (Fsp3) is 0.417. The predicted molar refractivity (Wildman–Crippen MR) is 56.2 cm³/mol. The molecule has 74 valence electrons. The van der Waals surface area contributed by atoms with Crippen LogP contribution in [0, 0.1) is 23.7 Å². The third kappa shape index (κ3) is 8.43. The average molecular weight is 190 g/mol. The van der Waals surface area contributed by atoms with E-state index >= 15 is 0 Å². The molecule has 0 bridgehead atoms. The van der Waals surface area contributed by atoms with Gasteiger partial charge >= 0.3 is 5.97 Å². The maximum atomic E-state index is 10.8. The van der Waals surface area contributed by atoms with Gasteiger partial charge in [0.25, 0.3) is 0 Å². The molecule has 14 heavy (non-hydrogen) atoms. The molecule has 0 spiro atoms. The molecule has 0 rings (SSSR count). The van der Waals surface area contributed by atoms with Crippen LogP contribution in [0.25, 0.3) is 0 Å². The van der Waals surface area contributed by atoms with E-state index in [0.29, 0.717) is 6.61 Å². The number of carbonyl (C=O) groups excluding carboxylic acids is 1. The molecule has 0 atom stereocenters. The van der Waals surface area contributed by atoms with Crippen LogP contribution in [-0.4, -0.2) is 12.6 Å². The first-order chi connectivity index (χ1) is 6.81. The van der Waals surface area contributed by atoms with Gasteiger partial charge in [-0.1, -0.05) is 18.8 Å². The molecule has 0 radical (unpaired) electrons. The fourth-order valence-corrected chi connectivity index (χ4v) is 0.610. The van der Waals surface area contributed by atoms with Crippen molar-refractivity contribution in [1.29, 1.82) is 0 Å². The zero-order valence-electron chi connectivity index (χ0n) is 8.59. The largest absolute Gasteiger partial charge is 0.463 e. The Balaban J connectivity index is 3.81. The standard InChI is InChI=1S/C12H14O2/c1-3-5-6-7-8-9-10-11-12(13)14-4-2/h10-11H,3-5H2,1-2H3. The molecule has 0 fully saturated rings. The third-order valence-electron chi connectivity index (χ3n) is 1.19. The Morgan fingerprint density at radius 3 is 2.79 bits per heavy atom. The Labute approximate surface area is 85.3 Å². The summed E-state index contributed by atoms with van der Waals surface area (Å²) < 4.78 is 4.66. The molecule has 0 heterocycles. The number of ether oxygens (including phenoxy) is 1. The van der Waals surface area contributed by atoms with E-state index in [9.17, 15) is 4.79 Å². The number of unbranched alkanes of at least 4 members (excludes halogenated alkanes) is 1. The molecule has 0 amide bonds. The van der Waals surface area contributed by atoms with E-state index in [4.69, 9.17) is 0 Å². The summed E-state index contributed by atoms with van der Waals surface area (Å²) in [5, 5.41) is 0. The molecule has 2 nitrogen and oxygen atoms in total. The van der Waals surface area contributed by atoms with Crippen molar-refractivity contribution in [3.63, 3.8) is 0 Å². The molecule has 0 saturated heterocycles. The molecule has 0 aliphatic carbocycles. The fourth-order valence-electron chi connectivity index (χ4n) is 0.610. The van der Waals surface area contributed by atoms with Gasteiger partial charge < -0.3 is 4.74 Å². The summed E-state index contributed by atoms with van der Waals surface area (Å²) in [5.41, 5.74) is 0. The smallest absolute Gasteiger partial charge is 0.331 e. The zero-order valence-corrected chi connectivity index (χ0v) is 8.59. The molecule has 0 aromatic carbocycles. The molecule has 0 aromatic heterocycles. The maximum Gasteiger partial charge on any atom is 0.331 e. The van der Waals surface area contributed by atoms with E-state index in [1.54, 1.807) is 6.92 Å². The lowest BCUT2D eigenvalue weighted by Crippen LogP contribution is -1.98. The summed E-state index contributed by atoms with van der Waals surface area (Å²) in [6.45, 7) is 4.20. The van der Waals surface area contributed by atoms with E-state index in [1.165, 1.54) is 12.2 Å². The SMILES string of the molecule is CCCC#CC#CC=CC(=O)OCC. The molecule has 0 aliphatic rings. The summed E-state index contributed by atoms with van der Waals surface area (Å²) in [6, 6.07) is 0. The van der Waals surface area contributed by atoms with Gasteiger partial charge in [0.1, 0.15) is 0 Å². The summed E-state index contributed by atoms with van der Waals surface area (Å²) >= 11 is 0. The first-order valence-corrected chi connectivity index (χ1v) is 4.63. The lowest BCUT2D eigenvalue weighted by Gasteiger charge is -1.91. The molecular weight excluding hydrogens is 176 g/mol. The molecule has 0 unspecified atom stereocenters. The van der Waals surface area contributed by atoms with Gasteiger partial charge in [-0.05, 0) is 31.3 Å². The lowest BCUT2D eigenvalue weighted by atomic mass is 10.3. The molecular formula is C12H14O2. The van der Waals surface area contributed by atoms with Gasteiger partial charge in [0.05, 0.1) is 6.61 Å². The van der Waals surface area contributed by atoms with Crippen LogP contribution in [0.1, 0.15) is 26.7 Å². The highest BCUT2D eigenvalue weighted by atomic mass is 16.5. The van der Waals surface area contributed by atoms with Gasteiger partial charge in [-0.3, -0.25) is 0 Å². The summed E-state index contributed by atoms with van der Waals surface area (Å²) in [6.07, 6.45) is 4.63. The average Bonchev–Trinajstić information content (AvgIpc) is 2.17. The Morgan fingerprint density at radius 2 is 2.14 bits per heavy atom. The minimum absolute atomic E-state index is 0.372. The summed E-state index contributed by atoms with van der Waals surface area (Å²) in [4.78, 5) is 10.8. The van der Waals surface area contributed by atoms with E-state index in [0.717, 1.165) is 12.8 Å². The zero-order chi connectivity index (χ0) is 10.6. The highest BCUT2D eigenvalue weighted by Crippen LogP contribution is 1.81. The quantitative estimate of drug-likeness (QED) is 0.386. The second-order valence-electron chi connectivity index (χ2n) is 2.41. The van der Waals surface area contributed by atoms with E-state index in [-0.39, 0.29) is 5.97 Å². The van der Waals surface area contributed by atoms with Crippen LogP contribution in [0.3, 0.4) is 0 Å². The van der Waals surface area contributed by atoms with Crippen molar-refractivity contribution in [2.24, 2.45) is 0 Å². The predicted octanol–water partition coefficient (Wildman–Crippen LogP) is 1.91. The number of hydrogen-bond acceptors (Lipinski definition) is 2. The second kappa shape index (κ2) is 9.42. The Bertz CT molecular complexity index is 305. The van der Waals surface area contributed by atoms with Crippen LogP contribution >= 0.6 is 0 Å². The summed E-state index contributed by atoms with van der Waals surface area (Å²) in [7, 11) is 0. The van der Waals surface area contributed by atoms with E-state index in [1.807, 2.05) is 0 Å². The highest BCUT2D eigenvalue weighted by molar-refractivity contribution is 5.82. The lowest BCUT2D eigenvalue weighted by molar-refractivity contribution is -0.137. The van der Waals surface area contributed by atoms with Gasteiger partial charge in [-0.25, -0.2) is 4.79 Å². The van der Waals surface area contributed by atoms with Gasteiger partial charge in [0, 0.05) is 12.5 Å². The van der Waals surface area contributed by atoms with Crippen LogP contribution < -0.4 is 0 Å². The third-order valence-corrected chi connectivity index (χ3v) is 1.19. The second-order valence-corrected chi connectivity index (χ2v) is 2.41. The van der Waals surface area contributed by atoms with Crippen LogP contribution in [-0.2, 0) is 9.53 Å². The molecule has 2 heteroatoms. The van der Waals surface area contributed by atoms with Crippen molar-refractivity contribution in [3.05, 3.63) is 12.2 Å². The number of carbonyl (C=O) groups is 1. The number of hydrogen-bond donors (Lipinski definition) is 0. The minimum Gasteiger partial charge on any atom is -0.463 e. The Morgan fingerprint density at radius 1 is 1.36 bits per heavy atom. The van der Waals surface area contributed by atoms with Crippen molar-refractivity contribution in [2.75, 3.05) is 6.61 Å². The minimum atomic E-state index is -0.372. The number of esters is 1. The van der Waals surface area contributed by atoms with Gasteiger partial charge in [-0.2, -0.15) is 0 Å². The van der Waals surface area contributed by atoms with Crippen molar-refractivity contribution in [3.8, 4) is 23.7 Å². The van der Waals surface area contributed by atoms with Crippen LogP contribution in [0.5, 0.6) is 0 Å². The van der Waals surface area contributed by atoms with Gasteiger partial charge in [0.15, 0.2) is 0 Å². The first kappa shape index (κ1) is 12.3. The first-order valence-electron chi connectivity index (χ1n) is 4.63. The van der Waals surface area contributed by atoms with Gasteiger partial charge in [0.2, 0.25) is 0 Å². The summed E-state index contributed by atoms with van der Waals surface area (Å²) in [5.74, 6) is 10.4. The van der Waals surface area contributed by atoms with Crippen molar-refractivity contribution >= 4 is 5.97 Å². The molecule has 0 aromatic rings. The van der Waals surface area contributed by atoms with Crippen LogP contribution in [0.15, 0.2) is 12.2 Å². The van der Waals surface area contributed by atoms with E-state index in [2.05, 4.69) is 35.3 Å². The Kier molecular flexibility index (Phi) is 8.29. The van der Waals surface area contributed by atoms with Gasteiger partial charge in [-0.15, -0.1) is 0 Å². The van der Waals surface area contributed by atoms with Crippen LogP contribution in [0.4, 0.5) is 0 Å². The maximum absolute atomic E-state index is 10.8. The van der Waals surface area contributed by atoms with Crippen molar-refractivity contribution < 1.29 is 9.53 Å². The van der Waals surface area contributed by atoms with E-state index < -0.39 is 0 Å². The highest BCUT2D eigenvalue weighted by Gasteiger charge is 1.89. The van der Waals surface area contributed by atoms with Crippen molar-refractivity contribution in [1.82, 2.24) is 0 Å². The molecule has 0 saturated carbocycles. The topological polar surface area (TPSA) is 26.3 Å². The normalized spacial score (nSPS) is 8.43. The van der Waals surface area contributed by atoms with Crippen LogP contribution in [0.2, 0.25) is 0 Å². The number of allylic oxidation sites excluding steroid dienone is 1. The molecule has 0 aliphatic heterocycles. The van der Waals surface area contributed by atoms with Crippen molar-refractivity contribution in [2.45, 2.75) is 26.7 Å². The number of rotatable bonds is 3.